The van der Waals surface area contributed by atoms with Gasteiger partial charge < -0.3 is 10.2 Å². The molecule has 14 heavy (non-hydrogen) atoms. The molecule has 0 radical (unpaired) electrons. The monoisotopic (exact) mass is 196 g/mol. The van der Waals surface area contributed by atoms with Crippen LogP contribution < -0.4 is 5.32 Å². The van der Waals surface area contributed by atoms with Gasteiger partial charge in [-0.1, -0.05) is 6.92 Å². The summed E-state index contributed by atoms with van der Waals surface area (Å²) >= 11 is 0. The Morgan fingerprint density at radius 2 is 2.14 bits per heavy atom. The Morgan fingerprint density at radius 1 is 1.50 bits per heavy atom. The Labute approximate surface area is 83.6 Å². The van der Waals surface area contributed by atoms with Gasteiger partial charge in [0.2, 0.25) is 11.8 Å². The highest BCUT2D eigenvalue weighted by molar-refractivity contribution is 5.94. The predicted molar refractivity (Wildman–Crippen MR) is 51.5 cm³/mol. The fraction of sp³-hybridized carbons (Fsp3) is 0.800. The molecule has 1 N–H and O–H groups in total. The van der Waals surface area contributed by atoms with Crippen molar-refractivity contribution in [3.05, 3.63) is 0 Å². The molecule has 1 saturated heterocycles. The molecule has 2 rings (SSSR count). The van der Waals surface area contributed by atoms with Gasteiger partial charge in [-0.2, -0.15) is 0 Å². The first-order valence-corrected chi connectivity index (χ1v) is 5.09. The third kappa shape index (κ3) is 1.61. The van der Waals surface area contributed by atoms with Crippen molar-refractivity contribution >= 4 is 11.8 Å². The number of hydrogen-bond acceptors (Lipinski definition) is 2. The summed E-state index contributed by atoms with van der Waals surface area (Å²) in [5.74, 6) is 0.0130. The van der Waals surface area contributed by atoms with Gasteiger partial charge in [0.25, 0.3) is 0 Å². The Hall–Kier alpha value is -1.06. The maximum Gasteiger partial charge on any atom is 0.242 e. The van der Waals surface area contributed by atoms with Crippen molar-refractivity contribution in [3.8, 4) is 0 Å². The summed E-state index contributed by atoms with van der Waals surface area (Å²) in [5.41, 5.74) is 0.279. The van der Waals surface area contributed by atoms with Crippen molar-refractivity contribution in [1.82, 2.24) is 10.2 Å². The molecule has 1 aliphatic heterocycles. The number of carbonyl (C=O) groups excluding carboxylic acids is 2. The van der Waals surface area contributed by atoms with Gasteiger partial charge in [0.05, 0.1) is 6.54 Å². The molecule has 1 saturated carbocycles. The van der Waals surface area contributed by atoms with Gasteiger partial charge in [-0.25, -0.2) is 0 Å². The van der Waals surface area contributed by atoms with Gasteiger partial charge in [0, 0.05) is 6.54 Å². The summed E-state index contributed by atoms with van der Waals surface area (Å²) in [7, 11) is 0. The summed E-state index contributed by atoms with van der Waals surface area (Å²) in [5, 5.41) is 2.59. The smallest absolute Gasteiger partial charge is 0.242 e. The minimum atomic E-state index is -0.298. The fourth-order valence-electron chi connectivity index (χ4n) is 1.78. The summed E-state index contributed by atoms with van der Waals surface area (Å²) in [4.78, 5) is 24.6. The van der Waals surface area contributed by atoms with E-state index < -0.39 is 0 Å². The molecule has 1 unspecified atom stereocenters. The van der Waals surface area contributed by atoms with Gasteiger partial charge in [0.15, 0.2) is 0 Å². The summed E-state index contributed by atoms with van der Waals surface area (Å²) in [6, 6.07) is -0.298. The van der Waals surface area contributed by atoms with E-state index in [2.05, 4.69) is 12.2 Å². The zero-order valence-corrected chi connectivity index (χ0v) is 8.67. The van der Waals surface area contributed by atoms with Crippen LogP contribution in [0.5, 0.6) is 0 Å². The minimum absolute atomic E-state index is 0.0335. The number of nitrogens with zero attached hydrogens (tertiary/aromatic N) is 1. The van der Waals surface area contributed by atoms with E-state index in [1.54, 1.807) is 11.8 Å². The topological polar surface area (TPSA) is 49.4 Å². The van der Waals surface area contributed by atoms with Gasteiger partial charge in [-0.15, -0.1) is 0 Å². The first-order valence-electron chi connectivity index (χ1n) is 5.09. The minimum Gasteiger partial charge on any atom is -0.345 e. The maximum atomic E-state index is 11.6. The van der Waals surface area contributed by atoms with Crippen LogP contribution in [0.15, 0.2) is 0 Å². The number of nitrogens with one attached hydrogen (secondary N) is 1. The van der Waals surface area contributed by atoms with Crippen LogP contribution in [0, 0.1) is 5.41 Å². The average Bonchev–Trinajstić information content (AvgIpc) is 2.86. The Balaban J connectivity index is 2.06. The lowest BCUT2D eigenvalue weighted by Gasteiger charge is -2.34. The molecule has 2 fully saturated rings. The molecule has 2 amide bonds. The van der Waals surface area contributed by atoms with Gasteiger partial charge in [-0.05, 0) is 25.2 Å². The molecule has 1 aliphatic carbocycles. The van der Waals surface area contributed by atoms with E-state index in [-0.39, 0.29) is 29.8 Å². The Morgan fingerprint density at radius 3 is 2.71 bits per heavy atom. The SMILES string of the molecule is CC1C(=O)NCC(=O)N1CC1(C)CC1. The van der Waals surface area contributed by atoms with E-state index in [9.17, 15) is 9.59 Å². The number of hydrogen-bond donors (Lipinski definition) is 1. The maximum absolute atomic E-state index is 11.6. The molecule has 0 bridgehead atoms. The molecule has 0 aromatic rings. The lowest BCUT2D eigenvalue weighted by Crippen LogP contribution is -2.58. The van der Waals surface area contributed by atoms with Gasteiger partial charge >= 0.3 is 0 Å². The van der Waals surface area contributed by atoms with E-state index in [0.29, 0.717) is 0 Å². The van der Waals surface area contributed by atoms with E-state index in [1.807, 2.05) is 0 Å². The third-order valence-electron chi connectivity index (χ3n) is 3.24. The molecule has 4 heteroatoms. The highest BCUT2D eigenvalue weighted by Crippen LogP contribution is 2.45. The first-order chi connectivity index (χ1) is 6.52. The zero-order valence-electron chi connectivity index (χ0n) is 8.67. The molecule has 0 aromatic carbocycles. The van der Waals surface area contributed by atoms with E-state index in [1.165, 1.54) is 12.8 Å². The van der Waals surface area contributed by atoms with Crippen LogP contribution in [-0.4, -0.2) is 35.8 Å². The van der Waals surface area contributed by atoms with Crippen LogP contribution in [0.25, 0.3) is 0 Å². The quantitative estimate of drug-likeness (QED) is 0.682. The van der Waals surface area contributed by atoms with Crippen LogP contribution in [0.4, 0.5) is 0 Å². The van der Waals surface area contributed by atoms with E-state index >= 15 is 0 Å². The lowest BCUT2D eigenvalue weighted by atomic mass is 10.1. The second kappa shape index (κ2) is 2.97. The third-order valence-corrected chi connectivity index (χ3v) is 3.24. The average molecular weight is 196 g/mol. The van der Waals surface area contributed by atoms with Crippen molar-refractivity contribution in [2.75, 3.05) is 13.1 Å². The summed E-state index contributed by atoms with van der Waals surface area (Å²) in [6.07, 6.45) is 2.34. The molecular weight excluding hydrogens is 180 g/mol. The molecule has 0 spiro atoms. The predicted octanol–water partition coefficient (Wildman–Crippen LogP) is 0.133. The Kier molecular flexibility index (Phi) is 2.01. The fourth-order valence-corrected chi connectivity index (χ4v) is 1.78. The molecule has 4 nitrogen and oxygen atoms in total. The van der Waals surface area contributed by atoms with Crippen LogP contribution in [0.3, 0.4) is 0 Å². The van der Waals surface area contributed by atoms with Crippen LogP contribution >= 0.6 is 0 Å². The molecular formula is C10H16N2O2. The van der Waals surface area contributed by atoms with Crippen molar-refractivity contribution in [3.63, 3.8) is 0 Å². The lowest BCUT2D eigenvalue weighted by molar-refractivity contribution is -0.145. The standard InChI is InChI=1S/C10H16N2O2/c1-7-9(14)11-5-8(13)12(7)6-10(2)3-4-10/h7H,3-6H2,1-2H3,(H,11,14). The second-order valence-electron chi connectivity index (χ2n) is 4.73. The van der Waals surface area contributed by atoms with Crippen molar-refractivity contribution in [2.24, 2.45) is 5.41 Å². The summed E-state index contributed by atoms with van der Waals surface area (Å²) in [6.45, 7) is 4.86. The van der Waals surface area contributed by atoms with Gasteiger partial charge in [0.1, 0.15) is 6.04 Å². The van der Waals surface area contributed by atoms with E-state index in [4.69, 9.17) is 0 Å². The zero-order chi connectivity index (χ0) is 10.3. The van der Waals surface area contributed by atoms with Crippen LogP contribution in [0.1, 0.15) is 26.7 Å². The largest absolute Gasteiger partial charge is 0.345 e. The van der Waals surface area contributed by atoms with E-state index in [0.717, 1.165) is 6.54 Å². The number of rotatable bonds is 2. The van der Waals surface area contributed by atoms with Crippen LogP contribution in [0.2, 0.25) is 0 Å². The highest BCUT2D eigenvalue weighted by atomic mass is 16.2. The Bertz CT molecular complexity index is 284. The molecule has 0 aromatic heterocycles. The number of carbonyl (C=O) groups is 2. The van der Waals surface area contributed by atoms with Gasteiger partial charge in [-0.3, -0.25) is 9.59 Å². The molecule has 2 aliphatic rings. The normalized spacial score (nSPS) is 30.1. The van der Waals surface area contributed by atoms with Crippen molar-refractivity contribution in [2.45, 2.75) is 32.7 Å². The molecule has 78 valence electrons. The summed E-state index contributed by atoms with van der Waals surface area (Å²) < 4.78 is 0. The number of piperazine rings is 1. The first kappa shape index (κ1) is 9.49. The van der Waals surface area contributed by atoms with Crippen LogP contribution in [-0.2, 0) is 9.59 Å². The molecule has 1 heterocycles. The van der Waals surface area contributed by atoms with Crippen molar-refractivity contribution < 1.29 is 9.59 Å². The van der Waals surface area contributed by atoms with Crippen molar-refractivity contribution in [1.29, 1.82) is 0 Å². The highest BCUT2D eigenvalue weighted by Gasteiger charge is 2.43. The number of amides is 2. The second-order valence-corrected chi connectivity index (χ2v) is 4.73. The molecule has 1 atom stereocenters.